The molecule has 0 spiro atoms. The average Bonchev–Trinajstić information content (AvgIpc) is 3.51. The Balaban J connectivity index is 1.85. The maximum absolute atomic E-state index is 13.6. The van der Waals surface area contributed by atoms with E-state index in [2.05, 4.69) is 10.3 Å². The first-order valence-corrected chi connectivity index (χ1v) is 10.7. The number of benzene rings is 1. The molecule has 2 aromatic heterocycles. The molecule has 0 saturated heterocycles. The Morgan fingerprint density at radius 3 is 2.71 bits per heavy atom. The van der Waals surface area contributed by atoms with Crippen LogP contribution in [0.1, 0.15) is 63.9 Å². The van der Waals surface area contributed by atoms with E-state index in [1.165, 1.54) is 4.57 Å². The third kappa shape index (κ3) is 4.56. The number of aromatic nitrogens is 3. The van der Waals surface area contributed by atoms with Crippen LogP contribution in [0.25, 0.3) is 16.6 Å². The summed E-state index contributed by atoms with van der Waals surface area (Å²) in [7, 11) is 0. The Morgan fingerprint density at radius 2 is 2.03 bits per heavy atom. The zero-order chi connectivity index (χ0) is 22.3. The number of amides is 1. The molecule has 1 saturated carbocycles. The van der Waals surface area contributed by atoms with E-state index in [0.29, 0.717) is 33.4 Å². The summed E-state index contributed by atoms with van der Waals surface area (Å²) < 4.78 is 6.85. The molecule has 1 aliphatic rings. The maximum atomic E-state index is 13.6. The number of ether oxygens (including phenoxy) is 1. The lowest BCUT2D eigenvalue weighted by atomic mass is 10.1. The predicted molar refractivity (Wildman–Crippen MR) is 120 cm³/mol. The summed E-state index contributed by atoms with van der Waals surface area (Å²) in [6.07, 6.45) is 5.10. The highest BCUT2D eigenvalue weighted by Crippen LogP contribution is 2.40. The minimum absolute atomic E-state index is 0.307. The van der Waals surface area contributed by atoms with Gasteiger partial charge in [-0.1, -0.05) is 17.7 Å². The van der Waals surface area contributed by atoms with Crippen LogP contribution in [0, 0.1) is 0 Å². The lowest BCUT2D eigenvalue weighted by molar-refractivity contribution is 0.0505. The molecule has 3 aromatic rings. The van der Waals surface area contributed by atoms with Crippen LogP contribution in [-0.2, 0) is 4.74 Å². The first-order valence-electron chi connectivity index (χ1n) is 10.3. The van der Waals surface area contributed by atoms with E-state index in [9.17, 15) is 9.59 Å². The number of halogens is 1. The van der Waals surface area contributed by atoms with Gasteiger partial charge in [0.05, 0.1) is 33.9 Å². The summed E-state index contributed by atoms with van der Waals surface area (Å²) in [5, 5.41) is 3.44. The number of fused-ring (bicyclic) bond motifs is 1. The normalized spacial score (nSPS) is 15.0. The number of alkyl carbamates (subject to hydrolysis) is 1. The molecule has 0 unspecified atom stereocenters. The molecule has 0 aliphatic heterocycles. The number of hydrogen-bond acceptors (Lipinski definition) is 5. The van der Waals surface area contributed by atoms with Crippen molar-refractivity contribution in [3.63, 3.8) is 0 Å². The molecule has 162 valence electrons. The van der Waals surface area contributed by atoms with Gasteiger partial charge in [0.25, 0.3) is 5.56 Å². The predicted octanol–water partition coefficient (Wildman–Crippen LogP) is 4.90. The van der Waals surface area contributed by atoms with Crippen LogP contribution in [0.3, 0.4) is 0 Å². The van der Waals surface area contributed by atoms with Crippen molar-refractivity contribution >= 4 is 28.6 Å². The molecule has 1 aromatic carbocycles. The Bertz CT molecular complexity index is 1210. The quantitative estimate of drug-likeness (QED) is 0.623. The van der Waals surface area contributed by atoms with Gasteiger partial charge in [0.15, 0.2) is 0 Å². The van der Waals surface area contributed by atoms with Crippen LogP contribution in [0.2, 0.25) is 5.02 Å². The largest absolute Gasteiger partial charge is 0.444 e. The fraction of sp³-hybridized carbons (Fsp3) is 0.391. The fourth-order valence-electron chi connectivity index (χ4n) is 3.50. The number of nitrogens with zero attached hydrogens (tertiary/aromatic N) is 3. The van der Waals surface area contributed by atoms with Crippen molar-refractivity contribution in [2.75, 3.05) is 0 Å². The third-order valence-electron chi connectivity index (χ3n) is 5.05. The summed E-state index contributed by atoms with van der Waals surface area (Å²) in [6, 6.07) is 6.50. The molecule has 4 rings (SSSR count). The molecule has 1 amide bonds. The van der Waals surface area contributed by atoms with Crippen molar-refractivity contribution in [1.82, 2.24) is 19.9 Å². The summed E-state index contributed by atoms with van der Waals surface area (Å²) in [4.78, 5) is 35.0. The lowest BCUT2D eigenvalue weighted by Crippen LogP contribution is -2.37. The zero-order valence-corrected chi connectivity index (χ0v) is 18.7. The first-order chi connectivity index (χ1) is 14.6. The standard InChI is InChI=1S/C23H25ClN4O3/c1-13(26-22(30)31-23(2,3)4)20-27-18-7-5-6-17(24)19(18)21(29)28(20)16-10-15(11-25-12-16)14-8-9-14/h5-7,10-14H,8-9H2,1-4H3,(H,26,30)/t13-/m0/s1. The van der Waals surface area contributed by atoms with Crippen molar-refractivity contribution in [3.8, 4) is 5.69 Å². The highest BCUT2D eigenvalue weighted by molar-refractivity contribution is 6.35. The zero-order valence-electron chi connectivity index (χ0n) is 18.0. The topological polar surface area (TPSA) is 86.1 Å². The smallest absolute Gasteiger partial charge is 0.408 e. The van der Waals surface area contributed by atoms with Gasteiger partial charge < -0.3 is 10.1 Å². The molecule has 0 radical (unpaired) electrons. The van der Waals surface area contributed by atoms with Gasteiger partial charge in [0.2, 0.25) is 0 Å². The van der Waals surface area contributed by atoms with Gasteiger partial charge in [0.1, 0.15) is 11.4 Å². The number of rotatable bonds is 4. The number of pyridine rings is 1. The van der Waals surface area contributed by atoms with E-state index in [1.54, 1.807) is 52.1 Å². The van der Waals surface area contributed by atoms with E-state index in [1.807, 2.05) is 12.3 Å². The van der Waals surface area contributed by atoms with Gasteiger partial charge in [-0.2, -0.15) is 0 Å². The molecule has 0 bridgehead atoms. The van der Waals surface area contributed by atoms with E-state index in [4.69, 9.17) is 21.3 Å². The van der Waals surface area contributed by atoms with Gasteiger partial charge in [-0.3, -0.25) is 14.3 Å². The summed E-state index contributed by atoms with van der Waals surface area (Å²) in [5.74, 6) is 0.848. The van der Waals surface area contributed by atoms with Crippen molar-refractivity contribution < 1.29 is 9.53 Å². The van der Waals surface area contributed by atoms with Crippen LogP contribution in [0.15, 0.2) is 41.5 Å². The second-order valence-corrected chi connectivity index (χ2v) is 9.27. The van der Waals surface area contributed by atoms with Crippen LogP contribution in [0.4, 0.5) is 4.79 Å². The first kappa shape index (κ1) is 21.3. The molecular weight excluding hydrogens is 416 g/mol. The number of carbonyl (C=O) groups is 1. The van der Waals surface area contributed by atoms with Gasteiger partial charge >= 0.3 is 6.09 Å². The molecular formula is C23H25ClN4O3. The Labute approximate surface area is 185 Å². The van der Waals surface area contributed by atoms with Gasteiger partial charge in [-0.05, 0) is 70.2 Å². The summed E-state index contributed by atoms with van der Waals surface area (Å²) in [5.41, 5.74) is 1.20. The summed E-state index contributed by atoms with van der Waals surface area (Å²) >= 11 is 6.34. The third-order valence-corrected chi connectivity index (χ3v) is 5.36. The SMILES string of the molecule is C[C@H](NC(=O)OC(C)(C)C)c1nc2cccc(Cl)c2c(=O)n1-c1cncc(C2CC2)c1. The second-order valence-electron chi connectivity index (χ2n) is 8.86. The van der Waals surface area contributed by atoms with Crippen LogP contribution < -0.4 is 10.9 Å². The molecule has 7 nitrogen and oxygen atoms in total. The van der Waals surface area contributed by atoms with E-state index in [-0.39, 0.29) is 5.56 Å². The minimum atomic E-state index is -0.643. The Morgan fingerprint density at radius 1 is 1.29 bits per heavy atom. The number of nitrogens with one attached hydrogen (secondary N) is 1. The Hall–Kier alpha value is -2.93. The van der Waals surface area contributed by atoms with E-state index in [0.717, 1.165) is 18.4 Å². The Kier molecular flexibility index (Phi) is 5.47. The van der Waals surface area contributed by atoms with Gasteiger partial charge in [-0.25, -0.2) is 9.78 Å². The van der Waals surface area contributed by atoms with Crippen LogP contribution >= 0.6 is 11.6 Å². The fourth-order valence-corrected chi connectivity index (χ4v) is 3.75. The lowest BCUT2D eigenvalue weighted by Gasteiger charge is -2.23. The molecule has 1 aliphatic carbocycles. The number of hydrogen-bond donors (Lipinski definition) is 1. The van der Waals surface area contributed by atoms with Crippen LogP contribution in [0.5, 0.6) is 0 Å². The second kappa shape index (κ2) is 7.96. The van der Waals surface area contributed by atoms with Crippen molar-refractivity contribution in [3.05, 3.63) is 63.4 Å². The van der Waals surface area contributed by atoms with Crippen molar-refractivity contribution in [1.29, 1.82) is 0 Å². The molecule has 1 N–H and O–H groups in total. The highest BCUT2D eigenvalue weighted by atomic mass is 35.5. The molecule has 31 heavy (non-hydrogen) atoms. The minimum Gasteiger partial charge on any atom is -0.444 e. The van der Waals surface area contributed by atoms with Gasteiger partial charge in [-0.15, -0.1) is 0 Å². The maximum Gasteiger partial charge on any atom is 0.408 e. The van der Waals surface area contributed by atoms with Crippen molar-refractivity contribution in [2.45, 2.75) is 58.1 Å². The summed E-state index contributed by atoms with van der Waals surface area (Å²) in [6.45, 7) is 7.13. The van der Waals surface area contributed by atoms with E-state index >= 15 is 0 Å². The molecule has 1 fully saturated rings. The number of carbonyl (C=O) groups excluding carboxylic acids is 1. The van der Waals surface area contributed by atoms with Gasteiger partial charge in [0, 0.05) is 6.20 Å². The van der Waals surface area contributed by atoms with E-state index < -0.39 is 17.7 Å². The average molecular weight is 441 g/mol. The van der Waals surface area contributed by atoms with Crippen molar-refractivity contribution in [2.24, 2.45) is 0 Å². The van der Waals surface area contributed by atoms with Crippen LogP contribution in [-0.4, -0.2) is 26.2 Å². The molecule has 2 heterocycles. The molecule has 8 heteroatoms. The molecule has 1 atom stereocenters. The monoisotopic (exact) mass is 440 g/mol. The highest BCUT2D eigenvalue weighted by Gasteiger charge is 2.26.